The van der Waals surface area contributed by atoms with Crippen LogP contribution in [0, 0.1) is 0 Å². The van der Waals surface area contributed by atoms with E-state index < -0.39 is 6.10 Å². The molecule has 0 aliphatic carbocycles. The van der Waals surface area contributed by atoms with E-state index in [1.807, 2.05) is 0 Å². The van der Waals surface area contributed by atoms with Gasteiger partial charge in [-0.1, -0.05) is 0 Å². The van der Waals surface area contributed by atoms with E-state index in [2.05, 4.69) is 0 Å². The van der Waals surface area contributed by atoms with Gasteiger partial charge in [-0.15, -0.1) is 0 Å². The molecule has 1 radical (unpaired) electrons. The largest absolute Gasteiger partial charge is 0.391 e. The summed E-state index contributed by atoms with van der Waals surface area (Å²) in [4.78, 5) is 9.43. The van der Waals surface area contributed by atoms with Crippen molar-refractivity contribution in [2.75, 3.05) is 6.54 Å². The minimum Gasteiger partial charge on any atom is -0.391 e. The zero-order valence-corrected chi connectivity index (χ0v) is 3.92. The quantitative estimate of drug-likeness (QED) is 0.470. The predicted octanol–water partition coefficient (Wildman–Crippen LogP) is -1.19. The molecule has 0 aromatic rings. The van der Waals surface area contributed by atoms with Crippen LogP contribution in [0.2, 0.25) is 0 Å². The highest BCUT2D eigenvalue weighted by atomic mass is 16.3. The van der Waals surface area contributed by atoms with Crippen LogP contribution in [0.3, 0.4) is 0 Å². The van der Waals surface area contributed by atoms with Crippen molar-refractivity contribution in [1.29, 1.82) is 0 Å². The lowest BCUT2D eigenvalue weighted by atomic mass is 10.3. The van der Waals surface area contributed by atoms with Gasteiger partial charge in [-0.2, -0.15) is 0 Å². The summed E-state index contributed by atoms with van der Waals surface area (Å²) in [6.45, 7) is 0.134. The lowest BCUT2D eigenvalue weighted by molar-refractivity contribution is 0.190. The van der Waals surface area contributed by atoms with Crippen molar-refractivity contribution >= 4 is 6.29 Å². The molecule has 0 saturated heterocycles. The molecule has 0 saturated carbocycles. The van der Waals surface area contributed by atoms with Gasteiger partial charge in [-0.25, -0.2) is 0 Å². The van der Waals surface area contributed by atoms with Gasteiger partial charge in [0.15, 0.2) is 0 Å². The van der Waals surface area contributed by atoms with Crippen molar-refractivity contribution in [3.05, 3.63) is 0 Å². The van der Waals surface area contributed by atoms with Crippen LogP contribution in [0.1, 0.15) is 6.42 Å². The molecule has 3 N–H and O–H groups in total. The summed E-state index contributed by atoms with van der Waals surface area (Å²) in [7, 11) is 0. The zero-order valence-electron chi connectivity index (χ0n) is 3.92. The van der Waals surface area contributed by atoms with Crippen LogP contribution in [-0.2, 0) is 4.79 Å². The van der Waals surface area contributed by atoms with E-state index in [1.54, 1.807) is 0 Å². The van der Waals surface area contributed by atoms with Crippen LogP contribution in [0.25, 0.3) is 0 Å². The lowest BCUT2D eigenvalue weighted by Gasteiger charge is -1.97. The van der Waals surface area contributed by atoms with E-state index in [0.717, 1.165) is 0 Å². The normalized spacial score (nSPS) is 13.4. The number of hydrogen-bond acceptors (Lipinski definition) is 3. The Morgan fingerprint density at radius 1 is 1.86 bits per heavy atom. The fourth-order valence-corrected chi connectivity index (χ4v) is 0.180. The second-order valence-electron chi connectivity index (χ2n) is 1.24. The SMILES string of the molecule is NCC(O)C[C]=O. The summed E-state index contributed by atoms with van der Waals surface area (Å²) in [5.74, 6) is 0. The summed E-state index contributed by atoms with van der Waals surface area (Å²) in [5.41, 5.74) is 4.93. The van der Waals surface area contributed by atoms with Crippen molar-refractivity contribution in [1.82, 2.24) is 0 Å². The molecule has 0 bridgehead atoms. The molecule has 1 unspecified atom stereocenters. The van der Waals surface area contributed by atoms with Crippen LogP contribution in [0.15, 0.2) is 0 Å². The standard InChI is InChI=1S/C4H8NO2/c5-3-4(7)1-2-6/h4,7H,1,3,5H2. The molecule has 0 aliphatic heterocycles. The first-order chi connectivity index (χ1) is 3.31. The number of carbonyl (C=O) groups excluding carboxylic acids is 1. The van der Waals surface area contributed by atoms with E-state index in [1.165, 1.54) is 6.29 Å². The van der Waals surface area contributed by atoms with Gasteiger partial charge in [-0.05, 0) is 0 Å². The summed E-state index contributed by atoms with van der Waals surface area (Å²) in [5, 5.41) is 8.47. The van der Waals surface area contributed by atoms with Crippen molar-refractivity contribution in [2.45, 2.75) is 12.5 Å². The maximum Gasteiger partial charge on any atom is 0.201 e. The first-order valence-corrected chi connectivity index (χ1v) is 2.04. The first-order valence-electron chi connectivity index (χ1n) is 2.04. The molecule has 7 heavy (non-hydrogen) atoms. The highest BCUT2D eigenvalue weighted by Crippen LogP contribution is 1.80. The monoisotopic (exact) mass is 102 g/mol. The fraction of sp³-hybridized carbons (Fsp3) is 0.750. The highest BCUT2D eigenvalue weighted by Gasteiger charge is 1.96. The summed E-state index contributed by atoms with van der Waals surface area (Å²) in [6.07, 6.45) is 0.866. The second-order valence-corrected chi connectivity index (χ2v) is 1.24. The Morgan fingerprint density at radius 2 is 2.43 bits per heavy atom. The van der Waals surface area contributed by atoms with Gasteiger partial charge in [0.05, 0.1) is 6.10 Å². The molecule has 0 aromatic heterocycles. The Kier molecular flexibility index (Phi) is 3.55. The summed E-state index contributed by atoms with van der Waals surface area (Å²) >= 11 is 0. The zero-order chi connectivity index (χ0) is 5.70. The number of hydrogen-bond donors (Lipinski definition) is 2. The van der Waals surface area contributed by atoms with Crippen LogP contribution >= 0.6 is 0 Å². The van der Waals surface area contributed by atoms with Gasteiger partial charge in [0, 0.05) is 13.0 Å². The number of rotatable bonds is 3. The van der Waals surface area contributed by atoms with Crippen molar-refractivity contribution < 1.29 is 9.90 Å². The topological polar surface area (TPSA) is 63.3 Å². The van der Waals surface area contributed by atoms with Crippen LogP contribution in [-0.4, -0.2) is 24.0 Å². The van der Waals surface area contributed by atoms with Gasteiger partial charge in [0.2, 0.25) is 6.29 Å². The molecular weight excluding hydrogens is 94.0 g/mol. The summed E-state index contributed by atoms with van der Waals surface area (Å²) < 4.78 is 0. The number of aliphatic hydroxyl groups is 1. The summed E-state index contributed by atoms with van der Waals surface area (Å²) in [6, 6.07) is 0. The number of aliphatic hydroxyl groups excluding tert-OH is 1. The van der Waals surface area contributed by atoms with Crippen LogP contribution < -0.4 is 5.73 Å². The van der Waals surface area contributed by atoms with Crippen molar-refractivity contribution in [3.63, 3.8) is 0 Å². The maximum absolute atomic E-state index is 9.43. The van der Waals surface area contributed by atoms with Crippen molar-refractivity contribution in [2.24, 2.45) is 5.73 Å². The highest BCUT2D eigenvalue weighted by molar-refractivity contribution is 5.51. The van der Waals surface area contributed by atoms with Gasteiger partial charge < -0.3 is 10.8 Å². The fourth-order valence-electron chi connectivity index (χ4n) is 0.180. The van der Waals surface area contributed by atoms with E-state index in [0.29, 0.717) is 0 Å². The average molecular weight is 102 g/mol. The minimum atomic E-state index is -0.697. The minimum absolute atomic E-state index is 0.0243. The predicted molar refractivity (Wildman–Crippen MR) is 25.4 cm³/mol. The van der Waals surface area contributed by atoms with Gasteiger partial charge in [0.1, 0.15) is 0 Å². The smallest absolute Gasteiger partial charge is 0.201 e. The van der Waals surface area contributed by atoms with Gasteiger partial charge in [0.25, 0.3) is 0 Å². The Hall–Kier alpha value is -0.410. The molecule has 3 nitrogen and oxygen atoms in total. The molecule has 1 atom stereocenters. The molecule has 0 heterocycles. The van der Waals surface area contributed by atoms with E-state index in [4.69, 9.17) is 10.8 Å². The molecule has 0 spiro atoms. The van der Waals surface area contributed by atoms with E-state index in [9.17, 15) is 4.79 Å². The Bertz CT molecular complexity index is 55.7. The molecule has 0 aromatic carbocycles. The molecule has 41 valence electrons. The van der Waals surface area contributed by atoms with E-state index in [-0.39, 0.29) is 13.0 Å². The van der Waals surface area contributed by atoms with Gasteiger partial charge in [-0.3, -0.25) is 4.79 Å². The third-order valence-electron chi connectivity index (χ3n) is 0.591. The average Bonchev–Trinajstić information content (AvgIpc) is 1.68. The Morgan fingerprint density at radius 3 is 2.57 bits per heavy atom. The Labute approximate surface area is 42.1 Å². The van der Waals surface area contributed by atoms with Crippen LogP contribution in [0.4, 0.5) is 0 Å². The molecule has 0 fully saturated rings. The second kappa shape index (κ2) is 3.77. The van der Waals surface area contributed by atoms with Crippen molar-refractivity contribution in [3.8, 4) is 0 Å². The van der Waals surface area contributed by atoms with Crippen LogP contribution in [0.5, 0.6) is 0 Å². The third kappa shape index (κ3) is 3.42. The molecule has 0 rings (SSSR count). The van der Waals surface area contributed by atoms with Gasteiger partial charge >= 0.3 is 0 Å². The first kappa shape index (κ1) is 6.59. The Balaban J connectivity index is 2.98. The lowest BCUT2D eigenvalue weighted by Crippen LogP contribution is -2.19. The third-order valence-corrected chi connectivity index (χ3v) is 0.591. The maximum atomic E-state index is 9.43. The molecule has 0 amide bonds. The molecular formula is C4H8NO2. The van der Waals surface area contributed by atoms with E-state index >= 15 is 0 Å². The number of nitrogens with two attached hydrogens (primary N) is 1. The molecule has 0 aliphatic rings. The molecule has 3 heteroatoms.